The summed E-state index contributed by atoms with van der Waals surface area (Å²) in [4.78, 5) is 14.4. The molecule has 0 radical (unpaired) electrons. The monoisotopic (exact) mass is 460 g/mol. The Labute approximate surface area is 188 Å². The van der Waals surface area contributed by atoms with Crippen LogP contribution in [0.1, 0.15) is 19.3 Å². The van der Waals surface area contributed by atoms with Gasteiger partial charge in [0.25, 0.3) is 0 Å². The summed E-state index contributed by atoms with van der Waals surface area (Å²) in [6.45, 7) is 2.80. The van der Waals surface area contributed by atoms with Crippen LogP contribution in [0.5, 0.6) is 17.2 Å². The minimum Gasteiger partial charge on any atom is -0.494 e. The molecule has 1 fully saturated rings. The zero-order valence-electron chi connectivity index (χ0n) is 17.9. The molecule has 1 saturated heterocycles. The van der Waals surface area contributed by atoms with Crippen molar-refractivity contribution in [3.05, 3.63) is 48.5 Å². The maximum atomic E-state index is 13.1. The average molecular weight is 461 g/mol. The molecule has 2 aliphatic rings. The summed E-state index contributed by atoms with van der Waals surface area (Å²) in [7, 11) is -3.67. The predicted molar refractivity (Wildman–Crippen MR) is 119 cm³/mol. The zero-order valence-corrected chi connectivity index (χ0v) is 18.8. The molecule has 0 aromatic heterocycles. The van der Waals surface area contributed by atoms with Gasteiger partial charge in [0, 0.05) is 45.1 Å². The second-order valence-corrected chi connectivity index (χ2v) is 9.65. The second kappa shape index (κ2) is 10.2. The number of piperazine rings is 1. The summed E-state index contributed by atoms with van der Waals surface area (Å²) in [5.74, 6) is 1.83. The lowest BCUT2D eigenvalue weighted by Crippen LogP contribution is -2.50. The number of carbonyl (C=O) groups excluding carboxylic acids is 1. The van der Waals surface area contributed by atoms with E-state index in [2.05, 4.69) is 0 Å². The maximum Gasteiger partial charge on any atom is 0.243 e. The highest BCUT2D eigenvalue weighted by molar-refractivity contribution is 7.89. The second-order valence-electron chi connectivity index (χ2n) is 7.71. The number of carbonyl (C=O) groups is 1. The number of rotatable bonds is 7. The third kappa shape index (κ3) is 5.34. The van der Waals surface area contributed by atoms with Gasteiger partial charge in [-0.3, -0.25) is 4.79 Å². The molecule has 2 heterocycles. The van der Waals surface area contributed by atoms with E-state index in [-0.39, 0.29) is 23.9 Å². The molecular formula is C23H28N2O6S. The Hall–Kier alpha value is -2.78. The number of fused-ring (bicyclic) bond motifs is 1. The first kappa shape index (κ1) is 22.4. The van der Waals surface area contributed by atoms with Crippen LogP contribution in [0, 0.1) is 0 Å². The first-order valence-corrected chi connectivity index (χ1v) is 12.3. The Balaban J connectivity index is 1.27. The lowest BCUT2D eigenvalue weighted by molar-refractivity contribution is -0.132. The van der Waals surface area contributed by atoms with Crippen molar-refractivity contribution in [2.45, 2.75) is 24.2 Å². The highest BCUT2D eigenvalue weighted by atomic mass is 32.2. The summed E-state index contributed by atoms with van der Waals surface area (Å²) in [5.41, 5.74) is 0. The molecule has 0 N–H and O–H groups in total. The van der Waals surface area contributed by atoms with Gasteiger partial charge in [-0.2, -0.15) is 4.31 Å². The summed E-state index contributed by atoms with van der Waals surface area (Å²) in [5, 5.41) is 0. The number of ether oxygens (including phenoxy) is 3. The molecule has 0 saturated carbocycles. The summed E-state index contributed by atoms with van der Waals surface area (Å²) >= 11 is 0. The number of hydrogen-bond acceptors (Lipinski definition) is 6. The van der Waals surface area contributed by atoms with Crippen LogP contribution in [-0.2, 0) is 14.8 Å². The molecule has 4 rings (SSSR count). The SMILES string of the molecule is O=C(CCCOc1ccccc1)N1CCN(S(=O)(=O)c2ccc3c(c2)OCCCO3)CC1. The van der Waals surface area contributed by atoms with E-state index in [1.54, 1.807) is 17.0 Å². The van der Waals surface area contributed by atoms with Crippen LogP contribution in [-0.4, -0.2) is 69.5 Å². The van der Waals surface area contributed by atoms with Gasteiger partial charge in [0.05, 0.1) is 24.7 Å². The van der Waals surface area contributed by atoms with E-state index in [0.717, 1.165) is 12.2 Å². The molecule has 172 valence electrons. The Bertz CT molecular complexity index is 1020. The fourth-order valence-electron chi connectivity index (χ4n) is 3.72. The summed E-state index contributed by atoms with van der Waals surface area (Å²) < 4.78 is 44.4. The van der Waals surface area contributed by atoms with Gasteiger partial charge in [-0.05, 0) is 30.7 Å². The molecule has 1 amide bonds. The van der Waals surface area contributed by atoms with Crippen LogP contribution >= 0.6 is 0 Å². The molecule has 2 aliphatic heterocycles. The average Bonchev–Trinajstić information content (AvgIpc) is 3.07. The van der Waals surface area contributed by atoms with E-state index < -0.39 is 10.0 Å². The lowest BCUT2D eigenvalue weighted by atomic mass is 10.2. The van der Waals surface area contributed by atoms with Crippen molar-refractivity contribution in [3.8, 4) is 17.2 Å². The molecule has 0 bridgehead atoms. The third-order valence-electron chi connectivity index (χ3n) is 5.50. The van der Waals surface area contributed by atoms with Crippen molar-refractivity contribution in [1.82, 2.24) is 9.21 Å². The van der Waals surface area contributed by atoms with Crippen molar-refractivity contribution in [2.24, 2.45) is 0 Å². The zero-order chi connectivity index (χ0) is 22.4. The van der Waals surface area contributed by atoms with E-state index in [1.807, 2.05) is 30.3 Å². The van der Waals surface area contributed by atoms with E-state index in [0.29, 0.717) is 57.3 Å². The van der Waals surface area contributed by atoms with Crippen LogP contribution in [0.25, 0.3) is 0 Å². The van der Waals surface area contributed by atoms with E-state index >= 15 is 0 Å². The standard InChI is InChI=1S/C23H28N2O6S/c26-23(8-4-15-29-19-6-2-1-3-7-19)24-11-13-25(14-12-24)32(27,28)20-9-10-21-22(18-20)31-17-5-16-30-21/h1-3,6-7,9-10,18H,4-5,8,11-17H2. The maximum absolute atomic E-state index is 13.1. The normalized spacial score (nSPS) is 16.9. The molecule has 2 aromatic carbocycles. The van der Waals surface area contributed by atoms with Crippen LogP contribution in [0.4, 0.5) is 0 Å². The van der Waals surface area contributed by atoms with E-state index in [1.165, 1.54) is 10.4 Å². The van der Waals surface area contributed by atoms with Crippen LogP contribution in [0.2, 0.25) is 0 Å². The first-order valence-electron chi connectivity index (χ1n) is 10.9. The Morgan fingerprint density at radius 1 is 0.938 bits per heavy atom. The quantitative estimate of drug-likeness (QED) is 0.591. The van der Waals surface area contributed by atoms with Crippen molar-refractivity contribution >= 4 is 15.9 Å². The number of hydrogen-bond donors (Lipinski definition) is 0. The van der Waals surface area contributed by atoms with Crippen molar-refractivity contribution in [3.63, 3.8) is 0 Å². The van der Waals surface area contributed by atoms with E-state index in [4.69, 9.17) is 14.2 Å². The Morgan fingerprint density at radius 3 is 2.41 bits per heavy atom. The van der Waals surface area contributed by atoms with Crippen LogP contribution < -0.4 is 14.2 Å². The van der Waals surface area contributed by atoms with Gasteiger partial charge in [0.2, 0.25) is 15.9 Å². The third-order valence-corrected chi connectivity index (χ3v) is 7.39. The number of nitrogens with zero attached hydrogens (tertiary/aromatic N) is 2. The smallest absolute Gasteiger partial charge is 0.243 e. The molecule has 0 spiro atoms. The Kier molecular flexibility index (Phi) is 7.16. The molecule has 0 atom stereocenters. The fourth-order valence-corrected chi connectivity index (χ4v) is 5.16. The summed E-state index contributed by atoms with van der Waals surface area (Å²) in [6, 6.07) is 14.2. The molecule has 9 heteroatoms. The number of sulfonamides is 1. The molecular weight excluding hydrogens is 432 g/mol. The Morgan fingerprint density at radius 2 is 1.66 bits per heavy atom. The van der Waals surface area contributed by atoms with Gasteiger partial charge in [-0.1, -0.05) is 18.2 Å². The minimum absolute atomic E-state index is 0.0225. The van der Waals surface area contributed by atoms with Gasteiger partial charge in [0.1, 0.15) is 5.75 Å². The highest BCUT2D eigenvalue weighted by Crippen LogP contribution is 2.33. The molecule has 0 unspecified atom stereocenters. The van der Waals surface area contributed by atoms with Crippen LogP contribution in [0.15, 0.2) is 53.4 Å². The van der Waals surface area contributed by atoms with E-state index in [9.17, 15) is 13.2 Å². The van der Waals surface area contributed by atoms with Gasteiger partial charge >= 0.3 is 0 Å². The first-order chi connectivity index (χ1) is 15.5. The van der Waals surface area contributed by atoms with Crippen molar-refractivity contribution < 1.29 is 27.4 Å². The van der Waals surface area contributed by atoms with Gasteiger partial charge < -0.3 is 19.1 Å². The minimum atomic E-state index is -3.67. The lowest BCUT2D eigenvalue weighted by Gasteiger charge is -2.34. The van der Waals surface area contributed by atoms with Gasteiger partial charge in [-0.15, -0.1) is 0 Å². The molecule has 0 aliphatic carbocycles. The van der Waals surface area contributed by atoms with Crippen LogP contribution in [0.3, 0.4) is 0 Å². The van der Waals surface area contributed by atoms with Gasteiger partial charge in [-0.25, -0.2) is 8.42 Å². The highest BCUT2D eigenvalue weighted by Gasteiger charge is 2.30. The summed E-state index contributed by atoms with van der Waals surface area (Å²) in [6.07, 6.45) is 1.75. The topological polar surface area (TPSA) is 85.4 Å². The molecule has 8 nitrogen and oxygen atoms in total. The molecule has 32 heavy (non-hydrogen) atoms. The molecule has 2 aromatic rings. The van der Waals surface area contributed by atoms with Crippen molar-refractivity contribution in [1.29, 1.82) is 0 Å². The number of amides is 1. The number of para-hydroxylation sites is 1. The largest absolute Gasteiger partial charge is 0.494 e. The van der Waals surface area contributed by atoms with Gasteiger partial charge in [0.15, 0.2) is 11.5 Å². The fraction of sp³-hybridized carbons (Fsp3) is 0.435. The number of benzene rings is 2. The predicted octanol–water partition coefficient (Wildman–Crippen LogP) is 2.54. The van der Waals surface area contributed by atoms with Crippen molar-refractivity contribution in [2.75, 3.05) is 46.0 Å².